The third-order valence-corrected chi connectivity index (χ3v) is 10.9. The van der Waals surface area contributed by atoms with Gasteiger partial charge in [0.05, 0.1) is 26.2 Å². The van der Waals surface area contributed by atoms with Gasteiger partial charge in [0.2, 0.25) is 6.19 Å². The molecule has 6 atom stereocenters. The lowest BCUT2D eigenvalue weighted by molar-refractivity contribution is -0.0984. The SMILES string of the molecule is CCOP(O[C@H]1[C@@H](O)[C@H](n2ccc(N)nc2=O)O[C@@H]1C(O)C(c1ccccc1)(c1ccc(OC)cc1)c1ccc(OC)cc1)N(C#N)N(C(C)C)C(C)C. The number of ether oxygens (including phenoxy) is 3. The van der Waals surface area contributed by atoms with Gasteiger partial charge in [0.15, 0.2) is 6.23 Å². The second kappa shape index (κ2) is 17.7. The van der Waals surface area contributed by atoms with Crippen LogP contribution >= 0.6 is 8.53 Å². The maximum absolute atomic E-state index is 13.2. The van der Waals surface area contributed by atoms with E-state index in [0.717, 1.165) is 4.57 Å². The number of benzene rings is 3. The number of hydrazine groups is 1. The molecule has 15 heteroatoms. The second-order valence-electron chi connectivity index (χ2n) is 13.3. The van der Waals surface area contributed by atoms with E-state index >= 15 is 0 Å². The van der Waals surface area contributed by atoms with E-state index in [4.69, 9.17) is 29.0 Å². The van der Waals surface area contributed by atoms with Crippen molar-refractivity contribution in [1.29, 1.82) is 5.26 Å². The van der Waals surface area contributed by atoms with Crippen LogP contribution in [-0.2, 0) is 19.2 Å². The Bertz CT molecular complexity index is 1850. The van der Waals surface area contributed by atoms with Gasteiger partial charge in [-0.15, -0.1) is 0 Å². The first-order valence-corrected chi connectivity index (χ1v) is 18.8. The molecule has 1 aliphatic heterocycles. The number of rotatable bonds is 16. The molecule has 0 saturated carbocycles. The molecule has 2 unspecified atom stereocenters. The quantitative estimate of drug-likeness (QED) is 0.0460. The highest BCUT2D eigenvalue weighted by Crippen LogP contribution is 2.52. The van der Waals surface area contributed by atoms with Crippen LogP contribution in [0.2, 0.25) is 0 Å². The second-order valence-corrected chi connectivity index (χ2v) is 14.6. The van der Waals surface area contributed by atoms with E-state index in [9.17, 15) is 20.3 Å². The predicted molar refractivity (Wildman–Crippen MR) is 204 cm³/mol. The van der Waals surface area contributed by atoms with Crippen molar-refractivity contribution in [1.82, 2.24) is 19.3 Å². The average molecular weight is 761 g/mol. The third kappa shape index (κ3) is 7.94. The molecule has 288 valence electrons. The third-order valence-electron chi connectivity index (χ3n) is 9.42. The number of aliphatic hydroxyl groups excluding tert-OH is 2. The molecular weight excluding hydrogens is 711 g/mol. The van der Waals surface area contributed by atoms with Gasteiger partial charge in [0.25, 0.3) is 0 Å². The van der Waals surface area contributed by atoms with Crippen molar-refractivity contribution in [2.24, 2.45) is 0 Å². The molecular formula is C39H49N6O8P. The number of nitrogen functional groups attached to an aromatic ring is 1. The summed E-state index contributed by atoms with van der Waals surface area (Å²) < 4.78 is 32.9. The van der Waals surface area contributed by atoms with E-state index in [0.29, 0.717) is 28.2 Å². The van der Waals surface area contributed by atoms with Gasteiger partial charge in [-0.05, 0) is 81.6 Å². The van der Waals surface area contributed by atoms with Crippen LogP contribution in [0, 0.1) is 11.5 Å². The zero-order valence-corrected chi connectivity index (χ0v) is 32.4. The van der Waals surface area contributed by atoms with Gasteiger partial charge >= 0.3 is 14.2 Å². The summed E-state index contributed by atoms with van der Waals surface area (Å²) in [5.74, 6) is 1.20. The normalized spacial score (nSPS) is 19.8. The Morgan fingerprint density at radius 2 is 1.48 bits per heavy atom. The van der Waals surface area contributed by atoms with Crippen LogP contribution in [-0.4, -0.2) is 86.9 Å². The molecule has 0 amide bonds. The Labute approximate surface area is 317 Å². The Hall–Kier alpha value is -4.58. The van der Waals surface area contributed by atoms with Crippen molar-refractivity contribution in [2.45, 2.75) is 82.8 Å². The number of nitriles is 1. The number of aliphatic hydroxyl groups is 2. The van der Waals surface area contributed by atoms with E-state index in [1.54, 1.807) is 45.4 Å². The van der Waals surface area contributed by atoms with Crippen molar-refractivity contribution >= 4 is 14.3 Å². The van der Waals surface area contributed by atoms with E-state index in [1.807, 2.05) is 87.3 Å². The summed E-state index contributed by atoms with van der Waals surface area (Å²) >= 11 is 0. The fraction of sp³-hybridized carbons (Fsp3) is 0.410. The van der Waals surface area contributed by atoms with Crippen LogP contribution in [0.5, 0.6) is 11.5 Å². The fourth-order valence-corrected chi connectivity index (χ4v) is 8.71. The van der Waals surface area contributed by atoms with E-state index in [2.05, 4.69) is 11.2 Å². The number of nitrogens with two attached hydrogens (primary N) is 1. The highest BCUT2D eigenvalue weighted by Gasteiger charge is 2.57. The smallest absolute Gasteiger partial charge is 0.351 e. The monoisotopic (exact) mass is 760 g/mol. The molecule has 0 bridgehead atoms. The highest BCUT2D eigenvalue weighted by molar-refractivity contribution is 7.44. The number of aromatic nitrogens is 2. The summed E-state index contributed by atoms with van der Waals surface area (Å²) in [4.78, 5) is 17.1. The summed E-state index contributed by atoms with van der Waals surface area (Å²) in [5, 5.41) is 37.8. The summed E-state index contributed by atoms with van der Waals surface area (Å²) in [7, 11) is 0.904. The molecule has 1 aromatic heterocycles. The van der Waals surface area contributed by atoms with Crippen LogP contribution in [0.1, 0.15) is 57.5 Å². The van der Waals surface area contributed by atoms with Crippen LogP contribution in [0.4, 0.5) is 5.82 Å². The highest BCUT2D eigenvalue weighted by atomic mass is 31.2. The van der Waals surface area contributed by atoms with E-state index < -0.39 is 50.3 Å². The van der Waals surface area contributed by atoms with Crippen molar-refractivity contribution in [3.05, 3.63) is 118 Å². The molecule has 14 nitrogen and oxygen atoms in total. The van der Waals surface area contributed by atoms with Crippen LogP contribution in [0.15, 0.2) is 95.9 Å². The van der Waals surface area contributed by atoms with E-state index in [-0.39, 0.29) is 24.5 Å². The molecule has 0 spiro atoms. The number of nitrogens with zero attached hydrogens (tertiary/aromatic N) is 5. The van der Waals surface area contributed by atoms with Crippen molar-refractivity contribution < 1.29 is 33.5 Å². The summed E-state index contributed by atoms with van der Waals surface area (Å²) in [6, 6.07) is 25.2. The lowest BCUT2D eigenvalue weighted by Crippen LogP contribution is -2.53. The minimum Gasteiger partial charge on any atom is -0.497 e. The van der Waals surface area contributed by atoms with Gasteiger partial charge in [-0.25, -0.2) is 4.79 Å². The minimum absolute atomic E-state index is 0.0118. The van der Waals surface area contributed by atoms with Crippen molar-refractivity contribution in [3.63, 3.8) is 0 Å². The summed E-state index contributed by atoms with van der Waals surface area (Å²) in [6.07, 6.45) is -3.59. The summed E-state index contributed by atoms with van der Waals surface area (Å²) in [5.41, 5.74) is 5.66. The Morgan fingerprint density at radius 3 is 1.94 bits per heavy atom. The molecule has 4 N–H and O–H groups in total. The van der Waals surface area contributed by atoms with Crippen LogP contribution in [0.3, 0.4) is 0 Å². The lowest BCUT2D eigenvalue weighted by Gasteiger charge is -2.44. The van der Waals surface area contributed by atoms with Gasteiger partial charge < -0.3 is 39.2 Å². The average Bonchev–Trinajstić information content (AvgIpc) is 3.49. The zero-order valence-electron chi connectivity index (χ0n) is 31.5. The molecule has 1 saturated heterocycles. The maximum Gasteiger partial charge on any atom is 0.351 e. The predicted octanol–water partition coefficient (Wildman–Crippen LogP) is 4.96. The maximum atomic E-state index is 13.2. The Kier molecular flexibility index (Phi) is 13.3. The minimum atomic E-state index is -2.24. The van der Waals surface area contributed by atoms with Gasteiger partial charge in [0.1, 0.15) is 41.7 Å². The van der Waals surface area contributed by atoms with Gasteiger partial charge in [-0.3, -0.25) is 4.57 Å². The molecule has 1 aliphatic rings. The standard InChI is InChI=1S/C39H49N6O8P/c1-8-51-54(44(24-40)45(25(2)3)26(4)5)53-34-33(46)37(43-23-22-32(41)42-38(43)48)52-35(34)36(47)39(27-12-10-9-11-13-27,28-14-18-30(49-6)19-15-28)29-16-20-31(50-7)21-17-29/h9-23,25-26,33-37,46-47H,8H2,1-7H3,(H2,41,42,48)/t33-,34+,35+,36?,37-,54?/m1/s1. The zero-order chi connectivity index (χ0) is 39.2. The topological polar surface area (TPSA) is 178 Å². The van der Waals surface area contributed by atoms with Crippen LogP contribution in [0.25, 0.3) is 0 Å². The molecule has 2 heterocycles. The molecule has 0 radical (unpaired) electrons. The lowest BCUT2D eigenvalue weighted by atomic mass is 9.64. The number of anilines is 1. The van der Waals surface area contributed by atoms with Crippen molar-refractivity contribution in [3.8, 4) is 17.7 Å². The molecule has 1 fully saturated rings. The first-order valence-electron chi connectivity index (χ1n) is 17.7. The molecule has 5 rings (SSSR count). The Balaban J connectivity index is 1.76. The van der Waals surface area contributed by atoms with Crippen molar-refractivity contribution in [2.75, 3.05) is 26.6 Å². The van der Waals surface area contributed by atoms with Gasteiger partial charge in [-0.2, -0.15) is 20.0 Å². The van der Waals surface area contributed by atoms with Gasteiger partial charge in [-0.1, -0.05) is 54.6 Å². The molecule has 4 aromatic rings. The van der Waals surface area contributed by atoms with Gasteiger partial charge in [0, 0.05) is 18.3 Å². The number of hydrogen-bond acceptors (Lipinski definition) is 13. The number of methoxy groups -OCH3 is 2. The summed E-state index contributed by atoms with van der Waals surface area (Å²) in [6.45, 7) is 9.71. The Morgan fingerprint density at radius 1 is 0.944 bits per heavy atom. The fourth-order valence-electron chi connectivity index (χ4n) is 7.12. The van der Waals surface area contributed by atoms with Crippen LogP contribution < -0.4 is 20.9 Å². The first kappa shape index (κ1) is 40.6. The molecule has 54 heavy (non-hydrogen) atoms. The molecule has 3 aromatic carbocycles. The first-order chi connectivity index (χ1) is 25.9. The molecule has 0 aliphatic carbocycles. The number of hydrogen-bond donors (Lipinski definition) is 3. The van der Waals surface area contributed by atoms with E-state index in [1.165, 1.54) is 17.0 Å². The largest absolute Gasteiger partial charge is 0.497 e.